The molecule has 0 bridgehead atoms. The quantitative estimate of drug-likeness (QED) is 0.561. The predicted molar refractivity (Wildman–Crippen MR) is 75.9 cm³/mol. The van der Waals surface area contributed by atoms with Crippen molar-refractivity contribution in [2.45, 2.75) is 12.8 Å². The van der Waals surface area contributed by atoms with E-state index in [1.165, 1.54) is 0 Å². The molecule has 0 spiro atoms. The van der Waals surface area contributed by atoms with Gasteiger partial charge in [0.05, 0.1) is 14.2 Å². The molecule has 0 saturated carbocycles. The molecule has 1 amide bonds. The Hall–Kier alpha value is -1.97. The van der Waals surface area contributed by atoms with E-state index in [1.54, 1.807) is 44.4 Å². The largest absolute Gasteiger partial charge is 0.497 e. The summed E-state index contributed by atoms with van der Waals surface area (Å²) in [6.45, 7) is 4.37. The Morgan fingerprint density at radius 3 is 2.32 bits per heavy atom. The Morgan fingerprint density at radius 1 is 1.26 bits per heavy atom. The summed E-state index contributed by atoms with van der Waals surface area (Å²) in [5.74, 6) is 1.19. The molecule has 1 rings (SSSR count). The van der Waals surface area contributed by atoms with Crippen molar-refractivity contribution in [2.24, 2.45) is 0 Å². The summed E-state index contributed by atoms with van der Waals surface area (Å²) in [6.07, 6.45) is 3.67. The van der Waals surface area contributed by atoms with Gasteiger partial charge in [0.25, 0.3) is 5.91 Å². The number of benzene rings is 1. The van der Waals surface area contributed by atoms with Gasteiger partial charge < -0.3 is 14.4 Å². The number of carbonyl (C=O) groups excluding carboxylic acids is 1. The number of ether oxygens (including phenoxy) is 2. The molecule has 0 radical (unpaired) electrons. The fourth-order valence-electron chi connectivity index (χ4n) is 1.73. The molecule has 1 aromatic carbocycles. The van der Waals surface area contributed by atoms with E-state index in [9.17, 15) is 4.79 Å². The van der Waals surface area contributed by atoms with Crippen LogP contribution in [-0.2, 0) is 0 Å². The van der Waals surface area contributed by atoms with Gasteiger partial charge in [0.15, 0.2) is 0 Å². The van der Waals surface area contributed by atoms with Crippen LogP contribution in [0.5, 0.6) is 11.5 Å². The zero-order chi connectivity index (χ0) is 14.3. The van der Waals surface area contributed by atoms with E-state index in [1.807, 2.05) is 6.08 Å². The Labute approximate surface area is 114 Å². The molecule has 0 saturated heterocycles. The maximum atomic E-state index is 12.3. The van der Waals surface area contributed by atoms with E-state index in [4.69, 9.17) is 9.47 Å². The van der Waals surface area contributed by atoms with Crippen LogP contribution in [0.25, 0.3) is 0 Å². The Kier molecular flexibility index (Phi) is 5.93. The Balaban J connectivity index is 2.82. The lowest BCUT2D eigenvalue weighted by atomic mass is 10.1. The first-order valence-corrected chi connectivity index (χ1v) is 6.21. The van der Waals surface area contributed by atoms with Crippen molar-refractivity contribution in [3.05, 3.63) is 36.4 Å². The Bertz CT molecular complexity index is 421. The molecule has 4 nitrogen and oxygen atoms in total. The second-order valence-electron chi connectivity index (χ2n) is 4.26. The van der Waals surface area contributed by atoms with Gasteiger partial charge in [0.2, 0.25) is 0 Å². The molecule has 104 valence electrons. The third kappa shape index (κ3) is 4.32. The molecule has 0 heterocycles. The maximum Gasteiger partial charge on any atom is 0.253 e. The second kappa shape index (κ2) is 7.46. The van der Waals surface area contributed by atoms with Crippen LogP contribution in [0.3, 0.4) is 0 Å². The number of unbranched alkanes of at least 4 members (excludes halogenated alkanes) is 1. The predicted octanol–water partition coefficient (Wildman–Crippen LogP) is 2.74. The first-order valence-electron chi connectivity index (χ1n) is 6.21. The van der Waals surface area contributed by atoms with Crippen LogP contribution >= 0.6 is 0 Å². The number of amides is 1. The van der Waals surface area contributed by atoms with E-state index < -0.39 is 0 Å². The minimum Gasteiger partial charge on any atom is -0.497 e. The average molecular weight is 263 g/mol. The van der Waals surface area contributed by atoms with Crippen LogP contribution in [0.15, 0.2) is 30.9 Å². The zero-order valence-electron chi connectivity index (χ0n) is 11.8. The monoisotopic (exact) mass is 263 g/mol. The van der Waals surface area contributed by atoms with Crippen molar-refractivity contribution in [2.75, 3.05) is 27.8 Å². The Morgan fingerprint density at radius 2 is 1.84 bits per heavy atom. The molecule has 0 unspecified atom stereocenters. The third-order valence-corrected chi connectivity index (χ3v) is 2.85. The highest BCUT2D eigenvalue weighted by Crippen LogP contribution is 2.23. The molecule has 1 aromatic rings. The SMILES string of the molecule is C=CCCCN(C)C(=O)c1cc(OC)cc(OC)c1. The molecule has 0 aliphatic heterocycles. The molecular formula is C15H21NO3. The molecule has 0 aromatic heterocycles. The topological polar surface area (TPSA) is 38.8 Å². The fraction of sp³-hybridized carbons (Fsp3) is 0.400. The van der Waals surface area contributed by atoms with Crippen LogP contribution in [0, 0.1) is 0 Å². The lowest BCUT2D eigenvalue weighted by Gasteiger charge is -2.17. The number of allylic oxidation sites excluding steroid dienone is 1. The fourth-order valence-corrected chi connectivity index (χ4v) is 1.73. The highest BCUT2D eigenvalue weighted by Gasteiger charge is 2.13. The van der Waals surface area contributed by atoms with Gasteiger partial charge >= 0.3 is 0 Å². The highest BCUT2D eigenvalue weighted by atomic mass is 16.5. The molecule has 0 atom stereocenters. The van der Waals surface area contributed by atoms with Gasteiger partial charge in [-0.15, -0.1) is 6.58 Å². The smallest absolute Gasteiger partial charge is 0.253 e. The molecule has 0 aliphatic carbocycles. The van der Waals surface area contributed by atoms with Gasteiger partial charge in [-0.05, 0) is 25.0 Å². The van der Waals surface area contributed by atoms with Gasteiger partial charge in [-0.2, -0.15) is 0 Å². The van der Waals surface area contributed by atoms with E-state index in [2.05, 4.69) is 6.58 Å². The summed E-state index contributed by atoms with van der Waals surface area (Å²) < 4.78 is 10.3. The molecular weight excluding hydrogens is 242 g/mol. The summed E-state index contributed by atoms with van der Waals surface area (Å²) in [7, 11) is 4.92. The number of hydrogen-bond acceptors (Lipinski definition) is 3. The van der Waals surface area contributed by atoms with Crippen molar-refractivity contribution in [3.8, 4) is 11.5 Å². The van der Waals surface area contributed by atoms with Gasteiger partial charge in [-0.1, -0.05) is 6.08 Å². The summed E-state index contributed by atoms with van der Waals surface area (Å²) >= 11 is 0. The first-order chi connectivity index (χ1) is 9.12. The van der Waals surface area contributed by atoms with Crippen LogP contribution < -0.4 is 9.47 Å². The number of hydrogen-bond donors (Lipinski definition) is 0. The van der Waals surface area contributed by atoms with E-state index in [0.29, 0.717) is 23.6 Å². The third-order valence-electron chi connectivity index (χ3n) is 2.85. The molecule has 0 fully saturated rings. The second-order valence-corrected chi connectivity index (χ2v) is 4.26. The number of methoxy groups -OCH3 is 2. The summed E-state index contributed by atoms with van der Waals surface area (Å²) in [5.41, 5.74) is 0.567. The summed E-state index contributed by atoms with van der Waals surface area (Å²) in [5, 5.41) is 0. The lowest BCUT2D eigenvalue weighted by molar-refractivity contribution is 0.0793. The number of rotatable bonds is 7. The van der Waals surface area contributed by atoms with Gasteiger partial charge in [0.1, 0.15) is 11.5 Å². The van der Waals surface area contributed by atoms with Gasteiger partial charge in [-0.25, -0.2) is 0 Å². The first kappa shape index (κ1) is 15.1. The van der Waals surface area contributed by atoms with E-state index >= 15 is 0 Å². The zero-order valence-corrected chi connectivity index (χ0v) is 11.8. The summed E-state index contributed by atoms with van der Waals surface area (Å²) in [4.78, 5) is 14.0. The lowest BCUT2D eigenvalue weighted by Crippen LogP contribution is -2.27. The minimum absolute atomic E-state index is 0.0405. The number of nitrogens with zero attached hydrogens (tertiary/aromatic N) is 1. The van der Waals surface area contributed by atoms with E-state index in [-0.39, 0.29) is 5.91 Å². The van der Waals surface area contributed by atoms with Crippen molar-refractivity contribution in [3.63, 3.8) is 0 Å². The maximum absolute atomic E-state index is 12.3. The van der Waals surface area contributed by atoms with Crippen molar-refractivity contribution < 1.29 is 14.3 Å². The van der Waals surface area contributed by atoms with Gasteiger partial charge in [0, 0.05) is 25.2 Å². The average Bonchev–Trinajstić information content (AvgIpc) is 2.45. The summed E-state index contributed by atoms with van der Waals surface area (Å²) in [6, 6.07) is 5.18. The molecule has 0 N–H and O–H groups in total. The van der Waals surface area contributed by atoms with Crippen molar-refractivity contribution in [1.29, 1.82) is 0 Å². The minimum atomic E-state index is -0.0405. The van der Waals surface area contributed by atoms with Crippen LogP contribution in [-0.4, -0.2) is 38.6 Å². The molecule has 19 heavy (non-hydrogen) atoms. The van der Waals surface area contributed by atoms with Crippen LogP contribution in [0.1, 0.15) is 23.2 Å². The van der Waals surface area contributed by atoms with Crippen molar-refractivity contribution in [1.82, 2.24) is 4.90 Å². The molecule has 0 aliphatic rings. The van der Waals surface area contributed by atoms with Crippen LogP contribution in [0.2, 0.25) is 0 Å². The van der Waals surface area contributed by atoms with E-state index in [0.717, 1.165) is 12.8 Å². The number of carbonyl (C=O) groups is 1. The normalized spacial score (nSPS) is 9.84. The molecule has 4 heteroatoms. The van der Waals surface area contributed by atoms with Crippen LogP contribution in [0.4, 0.5) is 0 Å². The van der Waals surface area contributed by atoms with Crippen molar-refractivity contribution >= 4 is 5.91 Å². The van der Waals surface area contributed by atoms with Gasteiger partial charge in [-0.3, -0.25) is 4.79 Å². The highest BCUT2D eigenvalue weighted by molar-refractivity contribution is 5.94. The standard InChI is InChI=1S/C15H21NO3/c1-5-6-7-8-16(2)15(17)12-9-13(18-3)11-14(10-12)19-4/h5,9-11H,1,6-8H2,2-4H3.